The Morgan fingerprint density at radius 1 is 0.931 bits per heavy atom. The summed E-state index contributed by atoms with van der Waals surface area (Å²) in [5.74, 6) is 1.35. The lowest BCUT2D eigenvalue weighted by atomic mass is 10.2. The smallest absolute Gasteiger partial charge is 0.161 e. The summed E-state index contributed by atoms with van der Waals surface area (Å²) in [6.45, 7) is 4.87. The first kappa shape index (κ1) is 21.0. The van der Waals surface area contributed by atoms with Crippen molar-refractivity contribution >= 4 is 35.1 Å². The minimum atomic E-state index is 0.431. The van der Waals surface area contributed by atoms with Crippen LogP contribution in [0.5, 0.6) is 11.5 Å². The molecule has 29 heavy (non-hydrogen) atoms. The van der Waals surface area contributed by atoms with Crippen molar-refractivity contribution in [3.63, 3.8) is 0 Å². The zero-order valence-corrected chi connectivity index (χ0v) is 17.8. The Hall–Kier alpha value is -2.69. The first-order valence-electron chi connectivity index (χ1n) is 9.24. The van der Waals surface area contributed by atoms with Gasteiger partial charge in [-0.05, 0) is 73.0 Å². The topological polar surface area (TPSA) is 42.8 Å². The lowest BCUT2D eigenvalue weighted by Gasteiger charge is -2.12. The van der Waals surface area contributed by atoms with E-state index in [0.717, 1.165) is 22.4 Å². The van der Waals surface area contributed by atoms with Crippen LogP contribution in [0.15, 0.2) is 65.8 Å². The van der Waals surface area contributed by atoms with E-state index in [1.165, 1.54) is 0 Å². The molecule has 0 aliphatic heterocycles. The first-order chi connectivity index (χ1) is 14.0. The van der Waals surface area contributed by atoms with Crippen LogP contribution in [0.3, 0.4) is 0 Å². The lowest BCUT2D eigenvalue weighted by molar-refractivity contribution is 0.269. The highest BCUT2D eigenvalue weighted by molar-refractivity contribution is 6.31. The molecule has 3 rings (SSSR count). The van der Waals surface area contributed by atoms with Crippen LogP contribution < -0.4 is 14.9 Å². The first-order valence-corrected chi connectivity index (χ1v) is 10.00. The number of hydrogen-bond donors (Lipinski definition) is 1. The van der Waals surface area contributed by atoms with Gasteiger partial charge >= 0.3 is 0 Å². The molecule has 0 spiro atoms. The zero-order valence-electron chi connectivity index (χ0n) is 16.3. The van der Waals surface area contributed by atoms with Gasteiger partial charge in [-0.1, -0.05) is 41.4 Å². The monoisotopic (exact) mass is 428 g/mol. The summed E-state index contributed by atoms with van der Waals surface area (Å²) >= 11 is 12.1. The van der Waals surface area contributed by atoms with E-state index < -0.39 is 0 Å². The molecular formula is C23H22Cl2N2O2. The van der Waals surface area contributed by atoms with Gasteiger partial charge in [0.05, 0.1) is 18.5 Å². The van der Waals surface area contributed by atoms with Gasteiger partial charge in [-0.25, -0.2) is 0 Å². The van der Waals surface area contributed by atoms with E-state index in [1.807, 2.05) is 74.5 Å². The molecule has 3 aromatic rings. The van der Waals surface area contributed by atoms with Crippen molar-refractivity contribution in [2.24, 2.45) is 5.10 Å². The molecule has 150 valence electrons. The summed E-state index contributed by atoms with van der Waals surface area (Å²) in [4.78, 5) is 0. The van der Waals surface area contributed by atoms with Crippen molar-refractivity contribution in [2.75, 3.05) is 12.0 Å². The Morgan fingerprint density at radius 2 is 1.72 bits per heavy atom. The second-order valence-corrected chi connectivity index (χ2v) is 7.23. The highest BCUT2D eigenvalue weighted by atomic mass is 35.5. The Kier molecular flexibility index (Phi) is 7.39. The quantitative estimate of drug-likeness (QED) is 0.319. The van der Waals surface area contributed by atoms with Gasteiger partial charge in [-0.2, -0.15) is 5.10 Å². The molecule has 3 aromatic carbocycles. The van der Waals surface area contributed by atoms with E-state index in [4.69, 9.17) is 32.7 Å². The van der Waals surface area contributed by atoms with Gasteiger partial charge in [0.2, 0.25) is 0 Å². The largest absolute Gasteiger partial charge is 0.490 e. The molecule has 0 bridgehead atoms. The summed E-state index contributed by atoms with van der Waals surface area (Å²) < 4.78 is 11.7. The lowest BCUT2D eigenvalue weighted by Crippen LogP contribution is -2.00. The number of hydrazone groups is 1. The third kappa shape index (κ3) is 6.14. The van der Waals surface area contributed by atoms with Gasteiger partial charge in [0.25, 0.3) is 0 Å². The molecule has 0 radical (unpaired) electrons. The van der Waals surface area contributed by atoms with Gasteiger partial charge in [0, 0.05) is 10.0 Å². The number of rotatable bonds is 8. The van der Waals surface area contributed by atoms with Crippen LogP contribution >= 0.6 is 23.2 Å². The SMILES string of the molecule is CCOc1cc(C=NNc2ccc(C)c(Cl)c2)ccc1OCc1ccc(Cl)cc1. The predicted octanol–water partition coefficient (Wildman–Crippen LogP) is 6.73. The molecule has 4 nitrogen and oxygen atoms in total. The number of nitrogens with zero attached hydrogens (tertiary/aromatic N) is 1. The molecule has 1 N–H and O–H groups in total. The average Bonchev–Trinajstić information content (AvgIpc) is 2.71. The summed E-state index contributed by atoms with van der Waals surface area (Å²) in [6, 6.07) is 19.0. The molecule has 0 aliphatic rings. The van der Waals surface area contributed by atoms with Crippen molar-refractivity contribution < 1.29 is 9.47 Å². The second-order valence-electron chi connectivity index (χ2n) is 6.39. The van der Waals surface area contributed by atoms with Gasteiger partial charge in [0.15, 0.2) is 11.5 Å². The van der Waals surface area contributed by atoms with E-state index in [9.17, 15) is 0 Å². The zero-order chi connectivity index (χ0) is 20.6. The normalized spacial score (nSPS) is 10.9. The average molecular weight is 429 g/mol. The Balaban J connectivity index is 1.67. The van der Waals surface area contributed by atoms with Crippen molar-refractivity contribution in [2.45, 2.75) is 20.5 Å². The maximum atomic E-state index is 6.14. The second kappa shape index (κ2) is 10.2. The van der Waals surface area contributed by atoms with E-state index >= 15 is 0 Å². The molecular weight excluding hydrogens is 407 g/mol. The van der Waals surface area contributed by atoms with Crippen LogP contribution in [-0.2, 0) is 6.61 Å². The molecule has 0 aromatic heterocycles. The van der Waals surface area contributed by atoms with Crippen molar-refractivity contribution in [1.29, 1.82) is 0 Å². The van der Waals surface area contributed by atoms with E-state index in [-0.39, 0.29) is 0 Å². The fourth-order valence-electron chi connectivity index (χ4n) is 2.58. The Bertz CT molecular complexity index is 989. The maximum Gasteiger partial charge on any atom is 0.161 e. The van der Waals surface area contributed by atoms with E-state index in [2.05, 4.69) is 10.5 Å². The number of nitrogens with one attached hydrogen (secondary N) is 1. The fourth-order valence-corrected chi connectivity index (χ4v) is 2.88. The number of hydrogen-bond acceptors (Lipinski definition) is 4. The van der Waals surface area contributed by atoms with Gasteiger partial charge in [-0.15, -0.1) is 0 Å². The van der Waals surface area contributed by atoms with Crippen LogP contribution in [0.4, 0.5) is 5.69 Å². The van der Waals surface area contributed by atoms with Crippen LogP contribution in [0.2, 0.25) is 10.0 Å². The van der Waals surface area contributed by atoms with Crippen LogP contribution in [-0.4, -0.2) is 12.8 Å². The summed E-state index contributed by atoms with van der Waals surface area (Å²) in [6.07, 6.45) is 1.72. The molecule has 0 aliphatic carbocycles. The molecule has 0 saturated carbocycles. The molecule has 0 unspecified atom stereocenters. The van der Waals surface area contributed by atoms with Crippen LogP contribution in [0.1, 0.15) is 23.6 Å². The van der Waals surface area contributed by atoms with Gasteiger partial charge < -0.3 is 9.47 Å². The number of ether oxygens (including phenoxy) is 2. The number of halogens is 2. The van der Waals surface area contributed by atoms with E-state index in [1.54, 1.807) is 6.21 Å². The Morgan fingerprint density at radius 3 is 2.45 bits per heavy atom. The molecule has 0 atom stereocenters. The standard InChI is InChI=1S/C23H22Cl2N2O2/c1-3-28-23-12-18(14-26-27-20-10-4-16(2)21(25)13-20)7-11-22(23)29-15-17-5-8-19(24)9-6-17/h4-14,27H,3,15H2,1-2H3. The van der Waals surface area contributed by atoms with Gasteiger partial charge in [0.1, 0.15) is 6.61 Å². The van der Waals surface area contributed by atoms with Gasteiger partial charge in [-0.3, -0.25) is 5.43 Å². The summed E-state index contributed by atoms with van der Waals surface area (Å²) in [5.41, 5.74) is 6.75. The molecule has 6 heteroatoms. The van der Waals surface area contributed by atoms with E-state index in [0.29, 0.717) is 34.8 Å². The molecule has 0 heterocycles. The maximum absolute atomic E-state index is 6.14. The third-order valence-electron chi connectivity index (χ3n) is 4.15. The number of benzene rings is 3. The van der Waals surface area contributed by atoms with Crippen molar-refractivity contribution in [3.05, 3.63) is 87.4 Å². The summed E-state index contributed by atoms with van der Waals surface area (Å²) in [7, 11) is 0. The van der Waals surface area contributed by atoms with Crippen molar-refractivity contribution in [1.82, 2.24) is 0 Å². The minimum absolute atomic E-state index is 0.431. The molecule has 0 amide bonds. The number of anilines is 1. The highest BCUT2D eigenvalue weighted by Crippen LogP contribution is 2.29. The highest BCUT2D eigenvalue weighted by Gasteiger charge is 2.07. The third-order valence-corrected chi connectivity index (χ3v) is 4.81. The minimum Gasteiger partial charge on any atom is -0.490 e. The van der Waals surface area contributed by atoms with Crippen molar-refractivity contribution in [3.8, 4) is 11.5 Å². The fraction of sp³-hybridized carbons (Fsp3) is 0.174. The van der Waals surface area contributed by atoms with Crippen LogP contribution in [0.25, 0.3) is 0 Å². The molecule has 0 fully saturated rings. The Labute approximate surface area is 181 Å². The molecule has 0 saturated heterocycles. The van der Waals surface area contributed by atoms with Crippen LogP contribution in [0, 0.1) is 6.92 Å². The summed E-state index contributed by atoms with van der Waals surface area (Å²) in [5, 5.41) is 5.68. The number of aryl methyl sites for hydroxylation is 1. The predicted molar refractivity (Wildman–Crippen MR) is 121 cm³/mol.